The summed E-state index contributed by atoms with van der Waals surface area (Å²) in [6.45, 7) is 0. The van der Waals surface area contributed by atoms with Crippen LogP contribution in [0.15, 0.2) is 60.9 Å². The van der Waals surface area contributed by atoms with Gasteiger partial charge in [0.1, 0.15) is 29.5 Å². The second kappa shape index (κ2) is 6.82. The first-order valence-electron chi connectivity index (χ1n) is 7.02. The van der Waals surface area contributed by atoms with Crippen molar-refractivity contribution in [2.75, 3.05) is 10.6 Å². The van der Waals surface area contributed by atoms with E-state index in [4.69, 9.17) is 0 Å². The molecule has 1 aromatic heterocycles. The predicted molar refractivity (Wildman–Crippen MR) is 86.1 cm³/mol. The number of para-hydroxylation sites is 1. The molecule has 0 radical (unpaired) electrons. The highest BCUT2D eigenvalue weighted by Gasteiger charge is 2.11. The number of carbonyl (C=O) groups excluding carboxylic acids is 1. The Bertz CT molecular complexity index is 886. The molecule has 0 fully saturated rings. The van der Waals surface area contributed by atoms with Gasteiger partial charge < -0.3 is 10.6 Å². The van der Waals surface area contributed by atoms with Crippen LogP contribution in [0, 0.1) is 11.6 Å². The van der Waals surface area contributed by atoms with Crippen molar-refractivity contribution in [2.24, 2.45) is 0 Å². The van der Waals surface area contributed by atoms with Crippen molar-refractivity contribution in [1.29, 1.82) is 0 Å². The quantitative estimate of drug-likeness (QED) is 0.766. The number of benzene rings is 2. The number of carbonyl (C=O) groups is 1. The molecule has 0 saturated heterocycles. The Hall–Kier alpha value is -3.35. The van der Waals surface area contributed by atoms with Gasteiger partial charge in [-0.2, -0.15) is 0 Å². The van der Waals surface area contributed by atoms with Gasteiger partial charge in [-0.1, -0.05) is 18.2 Å². The van der Waals surface area contributed by atoms with Crippen molar-refractivity contribution in [1.82, 2.24) is 9.97 Å². The first kappa shape index (κ1) is 15.5. The Kier molecular flexibility index (Phi) is 4.42. The largest absolute Gasteiger partial charge is 0.340 e. The highest BCUT2D eigenvalue weighted by Crippen LogP contribution is 2.17. The van der Waals surface area contributed by atoms with E-state index < -0.39 is 17.5 Å². The summed E-state index contributed by atoms with van der Waals surface area (Å²) < 4.78 is 26.8. The lowest BCUT2D eigenvalue weighted by molar-refractivity contribution is 0.102. The molecule has 3 rings (SSSR count). The number of hydrogen-bond acceptors (Lipinski definition) is 4. The molecule has 1 heterocycles. The van der Waals surface area contributed by atoms with Crippen molar-refractivity contribution >= 4 is 23.1 Å². The maximum absolute atomic E-state index is 13.6. The van der Waals surface area contributed by atoms with Crippen LogP contribution in [-0.2, 0) is 0 Å². The second-order valence-electron chi connectivity index (χ2n) is 4.86. The molecule has 0 unspecified atom stereocenters. The summed E-state index contributed by atoms with van der Waals surface area (Å²) in [5, 5.41) is 5.30. The average Bonchev–Trinajstić information content (AvgIpc) is 2.57. The molecule has 1 amide bonds. The number of rotatable bonds is 4. The number of nitrogens with one attached hydrogen (secondary N) is 2. The summed E-state index contributed by atoms with van der Waals surface area (Å²) >= 11 is 0. The van der Waals surface area contributed by atoms with Crippen molar-refractivity contribution in [2.45, 2.75) is 0 Å². The van der Waals surface area contributed by atoms with Gasteiger partial charge in [0.25, 0.3) is 5.91 Å². The van der Waals surface area contributed by atoms with Gasteiger partial charge in [-0.25, -0.2) is 18.7 Å². The summed E-state index contributed by atoms with van der Waals surface area (Å²) in [5.74, 6) is -1.20. The molecule has 2 N–H and O–H groups in total. The third-order valence-corrected chi connectivity index (χ3v) is 3.12. The van der Waals surface area contributed by atoms with E-state index >= 15 is 0 Å². The SMILES string of the molecule is O=C(Nc1ccccc1F)c1cc(Nc2cccc(F)c2)ncn1. The fourth-order valence-corrected chi connectivity index (χ4v) is 2.01. The summed E-state index contributed by atoms with van der Waals surface area (Å²) in [4.78, 5) is 20.0. The van der Waals surface area contributed by atoms with Crippen molar-refractivity contribution < 1.29 is 13.6 Å². The molecule has 7 heteroatoms. The fraction of sp³-hybridized carbons (Fsp3) is 0. The predicted octanol–water partition coefficient (Wildman–Crippen LogP) is 3.75. The van der Waals surface area contributed by atoms with Crippen molar-refractivity contribution in [3.63, 3.8) is 0 Å². The van der Waals surface area contributed by atoms with Crippen molar-refractivity contribution in [3.8, 4) is 0 Å². The Morgan fingerprint density at radius 1 is 0.958 bits per heavy atom. The zero-order valence-corrected chi connectivity index (χ0v) is 12.3. The normalized spacial score (nSPS) is 10.2. The molecule has 2 aromatic carbocycles. The average molecular weight is 326 g/mol. The zero-order chi connectivity index (χ0) is 16.9. The third-order valence-electron chi connectivity index (χ3n) is 3.12. The highest BCUT2D eigenvalue weighted by atomic mass is 19.1. The molecule has 0 saturated carbocycles. The van der Waals surface area contributed by atoms with Gasteiger partial charge in [-0.15, -0.1) is 0 Å². The molecular weight excluding hydrogens is 314 g/mol. The van der Waals surface area contributed by atoms with Gasteiger partial charge >= 0.3 is 0 Å². The van der Waals surface area contributed by atoms with Crippen LogP contribution in [0.25, 0.3) is 0 Å². The molecule has 0 aliphatic carbocycles. The minimum atomic E-state index is -0.579. The summed E-state index contributed by atoms with van der Waals surface area (Å²) in [7, 11) is 0. The molecule has 0 bridgehead atoms. The highest BCUT2D eigenvalue weighted by molar-refractivity contribution is 6.03. The molecule has 3 aromatic rings. The lowest BCUT2D eigenvalue weighted by Gasteiger charge is -2.08. The molecule has 120 valence electrons. The summed E-state index contributed by atoms with van der Waals surface area (Å²) in [6.07, 6.45) is 1.19. The van der Waals surface area contributed by atoms with Crippen LogP contribution in [0.3, 0.4) is 0 Å². The molecule has 0 aliphatic heterocycles. The smallest absolute Gasteiger partial charge is 0.274 e. The Morgan fingerprint density at radius 2 is 1.79 bits per heavy atom. The number of aromatic nitrogens is 2. The first-order chi connectivity index (χ1) is 11.6. The lowest BCUT2D eigenvalue weighted by Crippen LogP contribution is -2.15. The van der Waals surface area contributed by atoms with E-state index in [1.165, 1.54) is 42.7 Å². The minimum Gasteiger partial charge on any atom is -0.340 e. The minimum absolute atomic E-state index is 0.0483. The van der Waals surface area contributed by atoms with Gasteiger partial charge in [-0.05, 0) is 30.3 Å². The van der Waals surface area contributed by atoms with Gasteiger partial charge in [-0.3, -0.25) is 4.79 Å². The number of hydrogen-bond donors (Lipinski definition) is 2. The van der Waals surface area contributed by atoms with Gasteiger partial charge in [0, 0.05) is 11.8 Å². The Labute approximate surface area is 136 Å². The topological polar surface area (TPSA) is 66.9 Å². The lowest BCUT2D eigenvalue weighted by atomic mass is 10.2. The van der Waals surface area contributed by atoms with E-state index in [1.54, 1.807) is 18.2 Å². The Balaban J connectivity index is 1.77. The number of anilines is 3. The maximum atomic E-state index is 13.6. The van der Waals surface area contributed by atoms with Crippen LogP contribution >= 0.6 is 0 Å². The summed E-state index contributed by atoms with van der Waals surface area (Å²) in [5.41, 5.74) is 0.585. The van der Waals surface area contributed by atoms with Crippen LogP contribution < -0.4 is 10.6 Å². The van der Waals surface area contributed by atoms with Gasteiger partial charge in [0.2, 0.25) is 0 Å². The van der Waals surface area contributed by atoms with E-state index in [0.29, 0.717) is 11.5 Å². The molecular formula is C17H12F2N4O. The van der Waals surface area contributed by atoms with E-state index in [9.17, 15) is 13.6 Å². The Morgan fingerprint density at radius 3 is 2.58 bits per heavy atom. The number of nitrogens with zero attached hydrogens (tertiary/aromatic N) is 2. The van der Waals surface area contributed by atoms with Crippen LogP contribution in [0.4, 0.5) is 26.0 Å². The second-order valence-corrected chi connectivity index (χ2v) is 4.86. The van der Waals surface area contributed by atoms with Crippen LogP contribution in [0.5, 0.6) is 0 Å². The van der Waals surface area contributed by atoms with Crippen LogP contribution in [0.2, 0.25) is 0 Å². The molecule has 0 atom stereocenters. The molecule has 5 nitrogen and oxygen atoms in total. The molecule has 0 aliphatic rings. The number of halogens is 2. The van der Waals surface area contributed by atoms with E-state index in [-0.39, 0.29) is 11.4 Å². The van der Waals surface area contributed by atoms with Crippen LogP contribution in [0.1, 0.15) is 10.5 Å². The first-order valence-corrected chi connectivity index (χ1v) is 7.02. The van der Waals surface area contributed by atoms with E-state index in [0.717, 1.165) is 0 Å². The van der Waals surface area contributed by atoms with E-state index in [2.05, 4.69) is 20.6 Å². The molecule has 0 spiro atoms. The summed E-state index contributed by atoms with van der Waals surface area (Å²) in [6, 6.07) is 13.0. The van der Waals surface area contributed by atoms with E-state index in [1.807, 2.05) is 0 Å². The fourth-order valence-electron chi connectivity index (χ4n) is 2.01. The monoisotopic (exact) mass is 326 g/mol. The molecule has 24 heavy (non-hydrogen) atoms. The zero-order valence-electron chi connectivity index (χ0n) is 12.3. The van der Waals surface area contributed by atoms with Crippen LogP contribution in [-0.4, -0.2) is 15.9 Å². The van der Waals surface area contributed by atoms with Crippen molar-refractivity contribution in [3.05, 3.63) is 78.3 Å². The standard InChI is InChI=1S/C17H12F2N4O/c18-11-4-3-5-12(8-11)22-16-9-15(20-10-21-16)17(24)23-14-7-2-1-6-13(14)19/h1-10H,(H,23,24)(H,20,21,22). The number of amides is 1. The van der Waals surface area contributed by atoms with Gasteiger partial charge in [0.15, 0.2) is 0 Å². The van der Waals surface area contributed by atoms with Gasteiger partial charge in [0.05, 0.1) is 5.69 Å². The third kappa shape index (κ3) is 3.70. The maximum Gasteiger partial charge on any atom is 0.274 e.